The van der Waals surface area contributed by atoms with Crippen molar-refractivity contribution < 1.29 is 32.3 Å². The van der Waals surface area contributed by atoms with Gasteiger partial charge in [0.1, 0.15) is 0 Å². The first kappa shape index (κ1) is 22.5. The summed E-state index contributed by atoms with van der Waals surface area (Å²) in [7, 11) is 0. The summed E-state index contributed by atoms with van der Waals surface area (Å²) in [6, 6.07) is 5.45. The first-order valence-electron chi connectivity index (χ1n) is 10.5. The molecule has 172 valence electrons. The van der Waals surface area contributed by atoms with E-state index in [2.05, 4.69) is 5.32 Å². The fourth-order valence-electron chi connectivity index (χ4n) is 4.15. The normalized spacial score (nSPS) is 16.0. The number of nitrogens with one attached hydrogen (secondary N) is 2. The molecule has 0 unspecified atom stereocenters. The number of imide groups is 1. The third-order valence-electron chi connectivity index (χ3n) is 5.84. The predicted octanol–water partition coefficient (Wildman–Crippen LogP) is 3.40. The maximum absolute atomic E-state index is 13.7. The van der Waals surface area contributed by atoms with Gasteiger partial charge in [-0.25, -0.2) is 13.2 Å². The van der Waals surface area contributed by atoms with Gasteiger partial charge in [0, 0.05) is 11.6 Å². The van der Waals surface area contributed by atoms with Crippen LogP contribution in [0.1, 0.15) is 63.2 Å². The zero-order chi connectivity index (χ0) is 23.7. The van der Waals surface area contributed by atoms with Crippen LogP contribution in [0.15, 0.2) is 30.3 Å². The summed E-state index contributed by atoms with van der Waals surface area (Å²) >= 11 is 0. The fourth-order valence-corrected chi connectivity index (χ4v) is 4.15. The molecular formula is C23H20F3N3O4. The smallest absolute Gasteiger partial charge is 0.261 e. The van der Waals surface area contributed by atoms with Gasteiger partial charge < -0.3 is 10.6 Å². The van der Waals surface area contributed by atoms with Crippen LogP contribution in [-0.2, 0) is 4.79 Å². The highest BCUT2D eigenvalue weighted by molar-refractivity contribution is 6.22. The van der Waals surface area contributed by atoms with Gasteiger partial charge in [0.25, 0.3) is 17.7 Å². The first-order valence-corrected chi connectivity index (χ1v) is 10.5. The lowest BCUT2D eigenvalue weighted by Crippen LogP contribution is -2.40. The SMILES string of the molecule is O=C(CNC(=O)c1ccc2c(c1)C(=O)N(C1CCCCC1)C2=O)Nc1ccc(F)c(F)c1F. The average Bonchev–Trinajstić information content (AvgIpc) is 3.07. The zero-order valence-corrected chi connectivity index (χ0v) is 17.4. The van der Waals surface area contributed by atoms with Gasteiger partial charge in [-0.05, 0) is 43.2 Å². The lowest BCUT2D eigenvalue weighted by molar-refractivity contribution is -0.115. The van der Waals surface area contributed by atoms with E-state index in [1.54, 1.807) is 0 Å². The van der Waals surface area contributed by atoms with Crippen LogP contribution in [0.4, 0.5) is 18.9 Å². The molecule has 33 heavy (non-hydrogen) atoms. The van der Waals surface area contributed by atoms with Crippen LogP contribution >= 0.6 is 0 Å². The lowest BCUT2D eigenvalue weighted by Gasteiger charge is -2.29. The molecule has 0 radical (unpaired) electrons. The van der Waals surface area contributed by atoms with Crippen molar-refractivity contribution in [2.45, 2.75) is 38.1 Å². The molecule has 2 N–H and O–H groups in total. The minimum absolute atomic E-state index is 0.0622. The Hall–Kier alpha value is -3.69. The maximum Gasteiger partial charge on any atom is 0.261 e. The van der Waals surface area contributed by atoms with E-state index in [1.807, 2.05) is 5.32 Å². The number of fused-ring (bicyclic) bond motifs is 1. The van der Waals surface area contributed by atoms with Crippen molar-refractivity contribution in [3.8, 4) is 0 Å². The number of benzene rings is 2. The van der Waals surface area contributed by atoms with E-state index in [-0.39, 0.29) is 28.6 Å². The monoisotopic (exact) mass is 459 g/mol. The van der Waals surface area contributed by atoms with Crippen LogP contribution in [0.3, 0.4) is 0 Å². The first-order chi connectivity index (χ1) is 15.8. The van der Waals surface area contributed by atoms with Gasteiger partial charge in [-0.15, -0.1) is 0 Å². The van der Waals surface area contributed by atoms with Crippen molar-refractivity contribution in [3.63, 3.8) is 0 Å². The molecule has 1 heterocycles. The van der Waals surface area contributed by atoms with Gasteiger partial charge in [-0.1, -0.05) is 19.3 Å². The molecule has 4 rings (SSSR count). The summed E-state index contributed by atoms with van der Waals surface area (Å²) in [5.41, 5.74) is -0.148. The van der Waals surface area contributed by atoms with Crippen LogP contribution in [0.2, 0.25) is 0 Å². The molecule has 7 nitrogen and oxygen atoms in total. The average molecular weight is 459 g/mol. The van der Waals surface area contributed by atoms with Gasteiger partial charge in [0.2, 0.25) is 5.91 Å². The third kappa shape index (κ3) is 4.33. The number of carbonyl (C=O) groups is 4. The molecule has 1 aliphatic heterocycles. The fraction of sp³-hybridized carbons (Fsp3) is 0.304. The van der Waals surface area contributed by atoms with E-state index >= 15 is 0 Å². The zero-order valence-electron chi connectivity index (χ0n) is 17.4. The molecule has 4 amide bonds. The standard InChI is InChI=1S/C23H20F3N3O4/c24-16-8-9-17(20(26)19(16)25)28-18(30)11-27-21(31)12-6-7-14-15(10-12)23(33)29(22(14)32)13-4-2-1-3-5-13/h6-10,13H,1-5,11H2,(H,27,31)(H,28,30). The lowest BCUT2D eigenvalue weighted by atomic mass is 9.94. The molecule has 1 saturated carbocycles. The topological polar surface area (TPSA) is 95.6 Å². The molecule has 0 bridgehead atoms. The van der Waals surface area contributed by atoms with Crippen molar-refractivity contribution in [2.24, 2.45) is 0 Å². The van der Waals surface area contributed by atoms with Crippen LogP contribution in [0, 0.1) is 17.5 Å². The number of amides is 4. The third-order valence-corrected chi connectivity index (χ3v) is 5.84. The summed E-state index contributed by atoms with van der Waals surface area (Å²) in [5, 5.41) is 4.35. The van der Waals surface area contributed by atoms with Crippen LogP contribution in [0.25, 0.3) is 0 Å². The number of anilines is 1. The van der Waals surface area contributed by atoms with E-state index < -0.39 is 47.4 Å². The van der Waals surface area contributed by atoms with Gasteiger partial charge in [-0.2, -0.15) is 0 Å². The van der Waals surface area contributed by atoms with Crippen molar-refractivity contribution in [1.29, 1.82) is 0 Å². The molecule has 0 aromatic heterocycles. The Morgan fingerprint density at radius 1 is 0.909 bits per heavy atom. The van der Waals surface area contributed by atoms with E-state index in [9.17, 15) is 32.3 Å². The Morgan fingerprint density at radius 3 is 2.33 bits per heavy atom. The quantitative estimate of drug-likeness (QED) is 0.529. The Balaban J connectivity index is 1.41. The summed E-state index contributed by atoms with van der Waals surface area (Å²) in [6.07, 6.45) is 4.48. The number of hydrogen-bond acceptors (Lipinski definition) is 4. The van der Waals surface area contributed by atoms with Crippen LogP contribution in [-0.4, -0.2) is 41.1 Å². The molecule has 0 saturated heterocycles. The Labute approximate surface area is 186 Å². The van der Waals surface area contributed by atoms with E-state index in [4.69, 9.17) is 0 Å². The number of rotatable bonds is 5. The van der Waals surface area contributed by atoms with Gasteiger partial charge in [0.05, 0.1) is 23.4 Å². The molecule has 0 atom stereocenters. The highest BCUT2D eigenvalue weighted by Gasteiger charge is 2.40. The Kier molecular flexibility index (Phi) is 6.17. The minimum atomic E-state index is -1.73. The van der Waals surface area contributed by atoms with Crippen molar-refractivity contribution >= 4 is 29.3 Å². The highest BCUT2D eigenvalue weighted by Crippen LogP contribution is 2.31. The molecule has 1 fully saturated rings. The Bertz CT molecular complexity index is 1160. The van der Waals surface area contributed by atoms with Crippen molar-refractivity contribution in [2.75, 3.05) is 11.9 Å². The Morgan fingerprint density at radius 2 is 1.61 bits per heavy atom. The second-order valence-electron chi connectivity index (χ2n) is 7.99. The minimum Gasteiger partial charge on any atom is -0.343 e. The molecular weight excluding hydrogens is 439 g/mol. The number of hydrogen-bond donors (Lipinski definition) is 2. The molecule has 2 aromatic carbocycles. The molecule has 2 aliphatic rings. The van der Waals surface area contributed by atoms with Crippen LogP contribution in [0.5, 0.6) is 0 Å². The largest absolute Gasteiger partial charge is 0.343 e. The highest BCUT2D eigenvalue weighted by atomic mass is 19.2. The summed E-state index contributed by atoms with van der Waals surface area (Å²) in [5.74, 6) is -7.06. The van der Waals surface area contributed by atoms with E-state index in [0.717, 1.165) is 38.2 Å². The summed E-state index contributed by atoms with van der Waals surface area (Å²) < 4.78 is 39.9. The number of halogens is 3. The van der Waals surface area contributed by atoms with Crippen LogP contribution < -0.4 is 10.6 Å². The predicted molar refractivity (Wildman–Crippen MR) is 111 cm³/mol. The molecule has 2 aromatic rings. The van der Waals surface area contributed by atoms with Crippen molar-refractivity contribution in [3.05, 3.63) is 64.5 Å². The molecule has 1 aliphatic carbocycles. The maximum atomic E-state index is 13.7. The molecule has 0 spiro atoms. The van der Waals surface area contributed by atoms with Gasteiger partial charge in [-0.3, -0.25) is 24.1 Å². The second kappa shape index (κ2) is 9.05. The van der Waals surface area contributed by atoms with Gasteiger partial charge >= 0.3 is 0 Å². The number of carbonyl (C=O) groups excluding carboxylic acids is 4. The van der Waals surface area contributed by atoms with E-state index in [1.165, 1.54) is 23.1 Å². The van der Waals surface area contributed by atoms with E-state index in [0.29, 0.717) is 6.07 Å². The summed E-state index contributed by atoms with van der Waals surface area (Å²) in [4.78, 5) is 51.3. The second-order valence-corrected chi connectivity index (χ2v) is 7.99. The summed E-state index contributed by atoms with van der Waals surface area (Å²) in [6.45, 7) is -0.588. The number of nitrogens with zero attached hydrogens (tertiary/aromatic N) is 1. The van der Waals surface area contributed by atoms with Gasteiger partial charge in [0.15, 0.2) is 17.5 Å². The molecule has 10 heteroatoms. The van der Waals surface area contributed by atoms with Crippen molar-refractivity contribution in [1.82, 2.24) is 10.2 Å².